The van der Waals surface area contributed by atoms with Gasteiger partial charge in [-0.2, -0.15) is 0 Å². The summed E-state index contributed by atoms with van der Waals surface area (Å²) in [7, 11) is 5.12. The molecule has 5 rings (SSSR count). The average Bonchev–Trinajstić information content (AvgIpc) is 3.46. The molecule has 0 bridgehead atoms. The van der Waals surface area contributed by atoms with Gasteiger partial charge in [-0.15, -0.1) is 0 Å². The van der Waals surface area contributed by atoms with Gasteiger partial charge in [-0.25, -0.2) is 4.79 Å². The highest BCUT2D eigenvalue weighted by Crippen LogP contribution is 2.39. The average molecular weight is 496 g/mol. The Bertz CT molecular complexity index is 1430. The van der Waals surface area contributed by atoms with Gasteiger partial charge in [-0.1, -0.05) is 48.5 Å². The van der Waals surface area contributed by atoms with Crippen LogP contribution in [0.25, 0.3) is 11.1 Å². The van der Waals surface area contributed by atoms with Crippen molar-refractivity contribution in [3.05, 3.63) is 94.5 Å². The van der Waals surface area contributed by atoms with Gasteiger partial charge >= 0.3 is 5.97 Å². The second kappa shape index (κ2) is 10.0. The van der Waals surface area contributed by atoms with Gasteiger partial charge in [-0.05, 0) is 67.4 Å². The van der Waals surface area contributed by atoms with Crippen LogP contribution in [0.5, 0.6) is 0 Å². The minimum atomic E-state index is -0.450. The molecule has 7 nitrogen and oxygen atoms in total. The zero-order valence-electron chi connectivity index (χ0n) is 21.2. The number of allylic oxidation sites excluding steroid dienone is 1. The van der Waals surface area contributed by atoms with Crippen LogP contribution < -0.4 is 10.2 Å². The third-order valence-electron chi connectivity index (χ3n) is 6.78. The highest BCUT2D eigenvalue weighted by molar-refractivity contribution is 6.37. The normalized spacial score (nSPS) is 15.4. The largest absolute Gasteiger partial charge is 0.465 e. The number of carbonyl (C=O) groups is 3. The fourth-order valence-electron chi connectivity index (χ4n) is 5.08. The lowest BCUT2D eigenvalue weighted by Crippen LogP contribution is -2.36. The van der Waals surface area contributed by atoms with Gasteiger partial charge in [0.05, 0.1) is 24.8 Å². The van der Waals surface area contributed by atoms with Crippen molar-refractivity contribution >= 4 is 40.3 Å². The van der Waals surface area contributed by atoms with Crippen LogP contribution in [0.2, 0.25) is 0 Å². The Morgan fingerprint density at radius 2 is 1.78 bits per heavy atom. The number of ether oxygens (including phenoxy) is 1. The number of hydrogen-bond acceptors (Lipinski definition) is 5. The monoisotopic (exact) mass is 495 g/mol. The Labute approximate surface area is 216 Å². The SMILES string of the molecule is COC(=O)c1ccc2c(c1)NC(=O)/C2=C(\Cc1ccc2c(c1)CCN2C(=O)CN(C)C)c1ccccc1. The van der Waals surface area contributed by atoms with Crippen molar-refractivity contribution in [1.82, 2.24) is 4.90 Å². The molecule has 0 unspecified atom stereocenters. The van der Waals surface area contributed by atoms with Crippen LogP contribution >= 0.6 is 0 Å². The number of amides is 2. The molecule has 2 aliphatic heterocycles. The van der Waals surface area contributed by atoms with E-state index in [9.17, 15) is 14.4 Å². The lowest BCUT2D eigenvalue weighted by molar-refractivity contribution is -0.119. The molecule has 0 spiro atoms. The van der Waals surface area contributed by atoms with E-state index >= 15 is 0 Å². The first-order chi connectivity index (χ1) is 17.9. The summed E-state index contributed by atoms with van der Waals surface area (Å²) < 4.78 is 4.83. The number of rotatable bonds is 6. The summed E-state index contributed by atoms with van der Waals surface area (Å²) in [5.41, 5.74) is 7.38. The highest BCUT2D eigenvalue weighted by Gasteiger charge is 2.30. The molecule has 2 aliphatic rings. The maximum Gasteiger partial charge on any atom is 0.337 e. The fraction of sp³-hybridized carbons (Fsp3) is 0.233. The summed E-state index contributed by atoms with van der Waals surface area (Å²) in [5, 5.41) is 2.93. The number of fused-ring (bicyclic) bond motifs is 2. The van der Waals surface area contributed by atoms with E-state index in [2.05, 4.69) is 11.4 Å². The smallest absolute Gasteiger partial charge is 0.337 e. The molecular formula is C30H29N3O4. The second-order valence-corrected chi connectivity index (χ2v) is 9.60. The van der Waals surface area contributed by atoms with E-state index in [1.54, 1.807) is 18.2 Å². The Morgan fingerprint density at radius 1 is 1.00 bits per heavy atom. The van der Waals surface area contributed by atoms with E-state index < -0.39 is 5.97 Å². The molecule has 0 atom stereocenters. The second-order valence-electron chi connectivity index (χ2n) is 9.60. The number of anilines is 2. The van der Waals surface area contributed by atoms with E-state index in [0.717, 1.165) is 39.9 Å². The number of methoxy groups -OCH3 is 1. The minimum absolute atomic E-state index is 0.0918. The molecule has 0 aromatic heterocycles. The first-order valence-corrected chi connectivity index (χ1v) is 12.2. The molecule has 0 aliphatic carbocycles. The summed E-state index contributed by atoms with van der Waals surface area (Å²) in [6.45, 7) is 1.05. The van der Waals surface area contributed by atoms with Gasteiger partial charge in [-0.3, -0.25) is 9.59 Å². The zero-order valence-corrected chi connectivity index (χ0v) is 21.2. The predicted octanol–water partition coefficient (Wildman–Crippen LogP) is 4.03. The molecule has 7 heteroatoms. The van der Waals surface area contributed by atoms with E-state index in [-0.39, 0.29) is 11.8 Å². The molecule has 0 radical (unpaired) electrons. The summed E-state index contributed by atoms with van der Waals surface area (Å²) in [4.78, 5) is 41.7. The number of benzene rings is 3. The van der Waals surface area contributed by atoms with E-state index in [4.69, 9.17) is 4.74 Å². The summed E-state index contributed by atoms with van der Waals surface area (Å²) in [6.07, 6.45) is 1.35. The highest BCUT2D eigenvalue weighted by atomic mass is 16.5. The van der Waals surface area contributed by atoms with Crippen LogP contribution in [-0.4, -0.2) is 57.0 Å². The molecule has 0 saturated heterocycles. The third kappa shape index (κ3) is 4.78. The molecule has 3 aromatic carbocycles. The fourth-order valence-corrected chi connectivity index (χ4v) is 5.08. The van der Waals surface area contributed by atoms with Gasteiger partial charge in [0, 0.05) is 23.5 Å². The van der Waals surface area contributed by atoms with Gasteiger partial charge in [0.15, 0.2) is 0 Å². The van der Waals surface area contributed by atoms with Crippen LogP contribution in [0.4, 0.5) is 11.4 Å². The number of hydrogen-bond donors (Lipinski definition) is 1. The van der Waals surface area contributed by atoms with E-state index in [1.807, 2.05) is 66.4 Å². The van der Waals surface area contributed by atoms with Crippen molar-refractivity contribution < 1.29 is 19.1 Å². The van der Waals surface area contributed by atoms with Crippen molar-refractivity contribution in [1.29, 1.82) is 0 Å². The van der Waals surface area contributed by atoms with Crippen LogP contribution in [0.15, 0.2) is 66.7 Å². The van der Waals surface area contributed by atoms with Crippen molar-refractivity contribution in [2.75, 3.05) is 44.5 Å². The number of likely N-dealkylation sites (N-methyl/N-ethyl adjacent to an activating group) is 1. The molecule has 0 saturated carbocycles. The minimum Gasteiger partial charge on any atom is -0.465 e. The first-order valence-electron chi connectivity index (χ1n) is 12.2. The van der Waals surface area contributed by atoms with E-state index in [0.29, 0.717) is 36.3 Å². The Morgan fingerprint density at radius 3 is 2.51 bits per heavy atom. The van der Waals surface area contributed by atoms with Crippen LogP contribution in [0.3, 0.4) is 0 Å². The van der Waals surface area contributed by atoms with Gasteiger partial charge < -0.3 is 19.9 Å². The standard InChI is InChI=1S/C30H29N3O4/c1-32(2)18-27(34)33-14-13-21-15-19(9-12-26(21)33)16-24(20-7-5-4-6-8-20)28-23-11-10-22(30(36)37-3)17-25(23)31-29(28)35/h4-12,15,17H,13-14,16,18H2,1-3H3,(H,31,35)/b28-24+. The van der Waals surface area contributed by atoms with E-state index in [1.165, 1.54) is 7.11 Å². The van der Waals surface area contributed by atoms with Crippen molar-refractivity contribution in [2.24, 2.45) is 0 Å². The number of nitrogens with zero attached hydrogens (tertiary/aromatic N) is 2. The third-order valence-corrected chi connectivity index (χ3v) is 6.78. The van der Waals surface area contributed by atoms with Crippen molar-refractivity contribution in [2.45, 2.75) is 12.8 Å². The van der Waals surface area contributed by atoms with Crippen LogP contribution in [0, 0.1) is 0 Å². The van der Waals surface area contributed by atoms with Crippen molar-refractivity contribution in [3.63, 3.8) is 0 Å². The molecule has 0 fully saturated rings. The first kappa shape index (κ1) is 24.5. The summed E-state index contributed by atoms with van der Waals surface area (Å²) in [6, 6.07) is 21.2. The maximum absolute atomic E-state index is 13.2. The number of esters is 1. The Hall–Kier alpha value is -4.23. The number of carbonyl (C=O) groups excluding carboxylic acids is 3. The van der Waals surface area contributed by atoms with Gasteiger partial charge in [0.1, 0.15) is 0 Å². The summed E-state index contributed by atoms with van der Waals surface area (Å²) in [5.74, 6) is -0.555. The predicted molar refractivity (Wildman–Crippen MR) is 144 cm³/mol. The van der Waals surface area contributed by atoms with Gasteiger partial charge in [0.25, 0.3) is 5.91 Å². The molecule has 2 heterocycles. The molecule has 2 amide bonds. The number of nitrogens with one attached hydrogen (secondary N) is 1. The molecule has 3 aromatic rings. The zero-order chi connectivity index (χ0) is 26.1. The lowest BCUT2D eigenvalue weighted by atomic mass is 9.89. The van der Waals surface area contributed by atoms with Crippen LogP contribution in [0.1, 0.15) is 32.6 Å². The summed E-state index contributed by atoms with van der Waals surface area (Å²) >= 11 is 0. The molecule has 37 heavy (non-hydrogen) atoms. The molecule has 1 N–H and O–H groups in total. The van der Waals surface area contributed by atoms with Crippen molar-refractivity contribution in [3.8, 4) is 0 Å². The van der Waals surface area contributed by atoms with Gasteiger partial charge in [0.2, 0.25) is 5.91 Å². The Kier molecular flexibility index (Phi) is 6.63. The topological polar surface area (TPSA) is 79.0 Å². The van der Waals surface area contributed by atoms with Crippen LogP contribution in [-0.2, 0) is 27.2 Å². The maximum atomic E-state index is 13.2. The molecule has 188 valence electrons. The molecular weight excluding hydrogens is 466 g/mol. The quantitative estimate of drug-likeness (QED) is 0.413. The lowest BCUT2D eigenvalue weighted by Gasteiger charge is -2.20. The Balaban J connectivity index is 1.54.